The van der Waals surface area contributed by atoms with E-state index in [2.05, 4.69) is 11.1 Å². The lowest BCUT2D eigenvalue weighted by Gasteiger charge is -2.35. The Hall–Kier alpha value is -4.33. The standard InChI is InChI=1S/C30H27Cl2N5O5/c1-15-21(11-34-12-22(15)29(39)40)19-9-20-25(10-24(19)41-5)42-13-23-26(28(38)36(4)30(2,3)14-33)35-37(27(20)23)18-7-16(31)6-17(32)8-18/h6-12,23,27H,13H2,1-5H3,(H,39,40). The van der Waals surface area contributed by atoms with Crippen LogP contribution in [0.3, 0.4) is 0 Å². The maximum atomic E-state index is 13.8. The highest BCUT2D eigenvalue weighted by Crippen LogP contribution is 2.50. The van der Waals surface area contributed by atoms with Crippen LogP contribution in [-0.4, -0.2) is 58.9 Å². The number of nitriles is 1. The smallest absolute Gasteiger partial charge is 0.337 e. The minimum absolute atomic E-state index is 0.0665. The average molecular weight is 608 g/mol. The van der Waals surface area contributed by atoms with E-state index >= 15 is 0 Å². The Morgan fingerprint density at radius 2 is 1.86 bits per heavy atom. The van der Waals surface area contributed by atoms with Gasteiger partial charge in [-0.1, -0.05) is 23.2 Å². The van der Waals surface area contributed by atoms with Crippen molar-refractivity contribution in [3.05, 3.63) is 69.5 Å². The molecular weight excluding hydrogens is 581 g/mol. The molecular formula is C30H27Cl2N5O5. The topological polar surface area (TPSA) is 128 Å². The maximum absolute atomic E-state index is 13.8. The Bertz CT molecular complexity index is 1680. The molecule has 2 unspecified atom stereocenters. The van der Waals surface area contributed by atoms with Crippen LogP contribution in [0.1, 0.15) is 41.4 Å². The molecule has 0 bridgehead atoms. The molecule has 2 atom stereocenters. The first-order valence-corrected chi connectivity index (χ1v) is 13.7. The maximum Gasteiger partial charge on any atom is 0.337 e. The van der Waals surface area contributed by atoms with E-state index in [9.17, 15) is 20.0 Å². The second-order valence-electron chi connectivity index (χ2n) is 10.6. The number of aromatic nitrogens is 1. The van der Waals surface area contributed by atoms with Crippen molar-refractivity contribution >= 4 is 46.5 Å². The van der Waals surface area contributed by atoms with Crippen molar-refractivity contribution in [1.29, 1.82) is 5.26 Å². The van der Waals surface area contributed by atoms with E-state index in [4.69, 9.17) is 37.8 Å². The number of fused-ring (bicyclic) bond motifs is 3. The van der Waals surface area contributed by atoms with Crippen LogP contribution in [-0.2, 0) is 4.79 Å². The first-order chi connectivity index (χ1) is 19.9. The number of carbonyl (C=O) groups excluding carboxylic acids is 1. The lowest BCUT2D eigenvalue weighted by atomic mass is 9.85. The molecule has 2 aromatic carbocycles. The van der Waals surface area contributed by atoms with Crippen molar-refractivity contribution in [2.75, 3.05) is 25.8 Å². The molecule has 1 amide bonds. The Labute approximate surface area is 252 Å². The Balaban J connectivity index is 1.71. The molecule has 1 aromatic heterocycles. The summed E-state index contributed by atoms with van der Waals surface area (Å²) in [6, 6.07) is 10.2. The van der Waals surface area contributed by atoms with Crippen LogP contribution in [0.15, 0.2) is 47.8 Å². The van der Waals surface area contributed by atoms with Crippen molar-refractivity contribution in [3.63, 3.8) is 0 Å². The summed E-state index contributed by atoms with van der Waals surface area (Å²) < 4.78 is 11.9. The highest BCUT2D eigenvalue weighted by Gasteiger charge is 2.48. The summed E-state index contributed by atoms with van der Waals surface area (Å²) in [5.74, 6) is -1.05. The predicted molar refractivity (Wildman–Crippen MR) is 158 cm³/mol. The van der Waals surface area contributed by atoms with Gasteiger partial charge >= 0.3 is 5.97 Å². The van der Waals surface area contributed by atoms with E-state index in [-0.39, 0.29) is 17.9 Å². The zero-order valence-electron chi connectivity index (χ0n) is 23.5. The third-order valence-electron chi connectivity index (χ3n) is 7.76. The number of halogens is 2. The molecule has 0 spiro atoms. The number of hydrazone groups is 1. The number of amides is 1. The molecule has 3 heterocycles. The van der Waals surface area contributed by atoms with Crippen LogP contribution in [0, 0.1) is 24.2 Å². The Morgan fingerprint density at radius 1 is 1.17 bits per heavy atom. The highest BCUT2D eigenvalue weighted by molar-refractivity contribution is 6.41. The second-order valence-corrected chi connectivity index (χ2v) is 11.5. The van der Waals surface area contributed by atoms with Gasteiger partial charge in [-0.25, -0.2) is 4.79 Å². The van der Waals surface area contributed by atoms with Crippen LogP contribution in [0.4, 0.5) is 5.69 Å². The van der Waals surface area contributed by atoms with Crippen molar-refractivity contribution in [2.45, 2.75) is 32.4 Å². The van der Waals surface area contributed by atoms with Gasteiger partial charge in [0.25, 0.3) is 5.91 Å². The monoisotopic (exact) mass is 607 g/mol. The fraction of sp³-hybridized carbons (Fsp3) is 0.300. The lowest BCUT2D eigenvalue weighted by molar-refractivity contribution is -0.126. The van der Waals surface area contributed by atoms with Gasteiger partial charge < -0.3 is 19.5 Å². The molecule has 0 aliphatic carbocycles. The quantitative estimate of drug-likeness (QED) is 0.374. The fourth-order valence-corrected chi connectivity index (χ4v) is 5.70. The highest BCUT2D eigenvalue weighted by atomic mass is 35.5. The largest absolute Gasteiger partial charge is 0.496 e. The zero-order chi connectivity index (χ0) is 30.5. The molecule has 216 valence electrons. The van der Waals surface area contributed by atoms with Crippen LogP contribution in [0.5, 0.6) is 11.5 Å². The van der Waals surface area contributed by atoms with Crippen LogP contribution in [0.2, 0.25) is 10.0 Å². The lowest BCUT2D eigenvalue weighted by Crippen LogP contribution is -2.49. The summed E-state index contributed by atoms with van der Waals surface area (Å²) in [5, 5.41) is 26.6. The number of hydrogen-bond acceptors (Lipinski definition) is 8. The number of nitrogens with zero attached hydrogens (tertiary/aromatic N) is 5. The van der Waals surface area contributed by atoms with Crippen molar-refractivity contribution in [1.82, 2.24) is 9.88 Å². The number of rotatable bonds is 6. The van der Waals surface area contributed by atoms with E-state index in [0.717, 1.165) is 0 Å². The number of anilines is 1. The molecule has 12 heteroatoms. The number of methoxy groups -OCH3 is 1. The number of carbonyl (C=O) groups is 2. The van der Waals surface area contributed by atoms with Gasteiger partial charge in [0.1, 0.15) is 22.7 Å². The molecule has 42 heavy (non-hydrogen) atoms. The molecule has 2 aliphatic rings. The summed E-state index contributed by atoms with van der Waals surface area (Å²) in [5.41, 5.74) is 2.12. The van der Waals surface area contributed by atoms with Gasteiger partial charge in [0.15, 0.2) is 0 Å². The number of ether oxygens (including phenoxy) is 2. The molecule has 0 radical (unpaired) electrons. The number of aromatic carboxylic acids is 1. The van der Waals surface area contributed by atoms with E-state index in [0.29, 0.717) is 49.5 Å². The zero-order valence-corrected chi connectivity index (χ0v) is 25.0. The molecule has 10 nitrogen and oxygen atoms in total. The van der Waals surface area contributed by atoms with Crippen molar-refractivity contribution < 1.29 is 24.2 Å². The van der Waals surface area contributed by atoms with Gasteiger partial charge in [0.05, 0.1) is 43.0 Å². The average Bonchev–Trinajstić information content (AvgIpc) is 3.35. The van der Waals surface area contributed by atoms with Crippen molar-refractivity contribution in [2.24, 2.45) is 11.0 Å². The summed E-state index contributed by atoms with van der Waals surface area (Å²) in [7, 11) is 3.08. The van der Waals surface area contributed by atoms with Gasteiger partial charge in [-0.15, -0.1) is 0 Å². The van der Waals surface area contributed by atoms with Gasteiger partial charge in [-0.05, 0) is 50.6 Å². The minimum Gasteiger partial charge on any atom is -0.496 e. The van der Waals surface area contributed by atoms with Crippen LogP contribution < -0.4 is 14.5 Å². The molecule has 0 saturated heterocycles. The first kappa shape index (κ1) is 29.2. The number of carboxylic acids is 1. The van der Waals surface area contributed by atoms with Crippen molar-refractivity contribution in [3.8, 4) is 28.7 Å². The number of hydrogen-bond donors (Lipinski definition) is 1. The van der Waals surface area contributed by atoms with E-state index in [1.165, 1.54) is 18.2 Å². The molecule has 1 N–H and O–H groups in total. The third-order valence-corrected chi connectivity index (χ3v) is 8.20. The van der Waals surface area contributed by atoms with E-state index in [1.54, 1.807) is 63.3 Å². The first-order valence-electron chi connectivity index (χ1n) is 12.9. The third kappa shape index (κ3) is 4.89. The molecule has 0 fully saturated rings. The van der Waals surface area contributed by atoms with E-state index < -0.39 is 29.4 Å². The molecule has 5 rings (SSSR count). The number of carboxylic acid groups (broad SMARTS) is 1. The molecule has 2 aliphatic heterocycles. The predicted octanol–water partition coefficient (Wildman–Crippen LogP) is 5.76. The summed E-state index contributed by atoms with van der Waals surface area (Å²) in [6.45, 7) is 5.14. The van der Waals surface area contributed by atoms with Gasteiger partial charge in [0, 0.05) is 52.2 Å². The van der Waals surface area contributed by atoms with Crippen LogP contribution in [0.25, 0.3) is 11.1 Å². The van der Waals surface area contributed by atoms with Crippen LogP contribution >= 0.6 is 23.2 Å². The Kier molecular flexibility index (Phi) is 7.51. The SMILES string of the molecule is COc1cc2c(cc1-c1cncc(C(=O)O)c1C)C1C(CO2)C(C(=O)N(C)C(C)(C)C#N)=NN1c1cc(Cl)cc(Cl)c1. The number of pyridine rings is 1. The summed E-state index contributed by atoms with van der Waals surface area (Å²) in [4.78, 5) is 31.2. The van der Waals surface area contributed by atoms with Gasteiger partial charge in [-0.2, -0.15) is 10.4 Å². The second kappa shape index (κ2) is 10.8. The summed E-state index contributed by atoms with van der Waals surface area (Å²) in [6.07, 6.45) is 2.89. The molecule has 3 aromatic rings. The van der Waals surface area contributed by atoms with E-state index in [1.807, 2.05) is 6.07 Å². The minimum atomic E-state index is -1.09. The fourth-order valence-electron chi connectivity index (χ4n) is 5.19. The Morgan fingerprint density at radius 3 is 2.48 bits per heavy atom. The number of benzene rings is 2. The summed E-state index contributed by atoms with van der Waals surface area (Å²) >= 11 is 12.7. The normalized spacial score (nSPS) is 17.4. The van der Waals surface area contributed by atoms with Gasteiger partial charge in [0.2, 0.25) is 0 Å². The molecule has 0 saturated carbocycles. The van der Waals surface area contributed by atoms with Gasteiger partial charge in [-0.3, -0.25) is 14.8 Å².